The molecule has 0 aliphatic carbocycles. The van der Waals surface area contributed by atoms with Crippen LogP contribution in [0, 0.1) is 0 Å². The smallest absolute Gasteiger partial charge is 0.310 e. The number of hydrogen-bond donors (Lipinski definition) is 1. The van der Waals surface area contributed by atoms with Crippen molar-refractivity contribution < 1.29 is 29.3 Å². The Balaban J connectivity index is 3.42. The van der Waals surface area contributed by atoms with Crippen molar-refractivity contribution in [1.82, 2.24) is 0 Å². The van der Waals surface area contributed by atoms with Gasteiger partial charge >= 0.3 is 10.2 Å². The number of rotatable bonds is 3. The summed E-state index contributed by atoms with van der Waals surface area (Å²) in [5, 5.41) is 8.73. The molecular weight excluding hydrogens is 255 g/mol. The molecule has 0 bridgehead atoms. The molecule has 0 fully saturated rings. The monoisotopic (exact) mass is 264 g/mol. The van der Waals surface area contributed by atoms with Gasteiger partial charge in [0.15, 0.2) is 0 Å². The van der Waals surface area contributed by atoms with Crippen LogP contribution >= 0.6 is 10.2 Å². The Labute approximate surface area is 88.4 Å². The maximum atomic E-state index is 12.4. The molecular formula is C8H9F5O2S. The highest BCUT2D eigenvalue weighted by Gasteiger charge is 2.65. The second-order valence-electron chi connectivity index (χ2n) is 3.10. The molecule has 8 heteroatoms. The Morgan fingerprint density at radius 2 is 1.75 bits per heavy atom. The van der Waals surface area contributed by atoms with Crippen molar-refractivity contribution in [2.24, 2.45) is 0 Å². The first kappa shape index (κ1) is 13.0. The van der Waals surface area contributed by atoms with Gasteiger partial charge < -0.3 is 9.84 Å². The molecule has 0 aliphatic heterocycles. The third-order valence-electron chi connectivity index (χ3n) is 1.87. The van der Waals surface area contributed by atoms with Gasteiger partial charge in [-0.25, -0.2) is 0 Å². The summed E-state index contributed by atoms with van der Waals surface area (Å²) in [5.74, 6) is -0.0758. The first-order valence-corrected chi connectivity index (χ1v) is 5.95. The average Bonchev–Trinajstić information content (AvgIpc) is 2.13. The maximum absolute atomic E-state index is 12.4. The van der Waals surface area contributed by atoms with Crippen LogP contribution in [0.4, 0.5) is 19.4 Å². The van der Waals surface area contributed by atoms with E-state index in [-0.39, 0.29) is 23.4 Å². The van der Waals surface area contributed by atoms with Gasteiger partial charge in [-0.05, 0) is 18.2 Å². The molecule has 0 aliphatic rings. The molecule has 94 valence electrons. The molecule has 0 spiro atoms. The van der Waals surface area contributed by atoms with E-state index in [9.17, 15) is 19.4 Å². The molecule has 0 unspecified atom stereocenters. The van der Waals surface area contributed by atoms with Crippen LogP contribution in [0.3, 0.4) is 0 Å². The molecule has 2 nitrogen and oxygen atoms in total. The zero-order valence-electron chi connectivity index (χ0n) is 8.09. The van der Waals surface area contributed by atoms with Crippen LogP contribution in [-0.4, -0.2) is 12.2 Å². The minimum atomic E-state index is -9.69. The summed E-state index contributed by atoms with van der Waals surface area (Å²) < 4.78 is 66.5. The Kier molecular flexibility index (Phi) is 2.45. The van der Waals surface area contributed by atoms with Gasteiger partial charge in [0, 0.05) is 5.56 Å². The van der Waals surface area contributed by atoms with Gasteiger partial charge in [0.05, 0.1) is 13.7 Å². The molecule has 0 heterocycles. The lowest BCUT2D eigenvalue weighted by atomic mass is 10.2. The summed E-state index contributed by atoms with van der Waals surface area (Å²) >= 11 is 0. The largest absolute Gasteiger partial charge is 0.496 e. The van der Waals surface area contributed by atoms with Crippen molar-refractivity contribution in [1.29, 1.82) is 0 Å². The van der Waals surface area contributed by atoms with Crippen molar-refractivity contribution in [2.75, 3.05) is 7.11 Å². The summed E-state index contributed by atoms with van der Waals surface area (Å²) in [4.78, 5) is -2.04. The predicted octanol–water partition coefficient (Wildman–Crippen LogP) is 3.84. The SMILES string of the molecule is COc1ccc(S(F)(F)(F)(F)F)cc1CO. The third kappa shape index (κ3) is 2.76. The zero-order chi connectivity index (χ0) is 12.7. The van der Waals surface area contributed by atoms with Gasteiger partial charge in [-0.3, -0.25) is 0 Å². The molecule has 0 radical (unpaired) electrons. The Morgan fingerprint density at radius 1 is 1.19 bits per heavy atom. The van der Waals surface area contributed by atoms with E-state index in [2.05, 4.69) is 4.74 Å². The van der Waals surface area contributed by atoms with Crippen LogP contribution in [-0.2, 0) is 6.61 Å². The quantitative estimate of drug-likeness (QED) is 0.840. The number of aliphatic hydroxyl groups excluding tert-OH is 1. The van der Waals surface area contributed by atoms with Crippen molar-refractivity contribution in [3.05, 3.63) is 23.8 Å². The van der Waals surface area contributed by atoms with E-state index in [1.54, 1.807) is 0 Å². The summed E-state index contributed by atoms with van der Waals surface area (Å²) in [6.07, 6.45) is 0. The van der Waals surface area contributed by atoms with Crippen LogP contribution in [0.25, 0.3) is 0 Å². The van der Waals surface area contributed by atoms with Crippen LogP contribution in [0.1, 0.15) is 5.56 Å². The number of methoxy groups -OCH3 is 1. The van der Waals surface area contributed by atoms with Crippen molar-refractivity contribution in [3.8, 4) is 5.75 Å². The number of ether oxygens (including phenoxy) is 1. The lowest BCUT2D eigenvalue weighted by Crippen LogP contribution is -2.07. The highest BCUT2D eigenvalue weighted by molar-refractivity contribution is 8.45. The first-order valence-electron chi connectivity index (χ1n) is 4.00. The van der Waals surface area contributed by atoms with Crippen molar-refractivity contribution >= 4 is 10.2 Å². The lowest BCUT2D eigenvalue weighted by molar-refractivity contribution is 0.273. The molecule has 0 amide bonds. The van der Waals surface area contributed by atoms with Crippen LogP contribution < -0.4 is 4.74 Å². The van der Waals surface area contributed by atoms with Crippen LogP contribution in [0.2, 0.25) is 0 Å². The molecule has 0 saturated carbocycles. The van der Waals surface area contributed by atoms with Crippen molar-refractivity contribution in [2.45, 2.75) is 11.5 Å². The second-order valence-corrected chi connectivity index (χ2v) is 5.51. The highest BCUT2D eigenvalue weighted by atomic mass is 32.5. The Morgan fingerprint density at radius 3 is 2.12 bits per heavy atom. The van der Waals surface area contributed by atoms with E-state index < -0.39 is 21.7 Å². The van der Waals surface area contributed by atoms with Gasteiger partial charge in [-0.2, -0.15) is 0 Å². The normalized spacial score (nSPS) is 16.4. The molecule has 0 aromatic heterocycles. The van der Waals surface area contributed by atoms with E-state index in [4.69, 9.17) is 5.11 Å². The van der Waals surface area contributed by atoms with E-state index >= 15 is 0 Å². The predicted molar refractivity (Wildman–Crippen MR) is 50.3 cm³/mol. The van der Waals surface area contributed by atoms with Gasteiger partial charge in [0.2, 0.25) is 0 Å². The lowest BCUT2D eigenvalue weighted by Gasteiger charge is -2.40. The fourth-order valence-electron chi connectivity index (χ4n) is 1.12. The topological polar surface area (TPSA) is 29.5 Å². The third-order valence-corrected chi connectivity index (χ3v) is 3.01. The Hall–Kier alpha value is -1.02. The molecule has 0 atom stereocenters. The second kappa shape index (κ2) is 3.01. The van der Waals surface area contributed by atoms with E-state index in [0.717, 1.165) is 13.2 Å². The molecule has 16 heavy (non-hydrogen) atoms. The van der Waals surface area contributed by atoms with Gasteiger partial charge in [0.1, 0.15) is 10.6 Å². The maximum Gasteiger partial charge on any atom is 0.310 e. The minimum absolute atomic E-state index is 0.0758. The summed E-state index contributed by atoms with van der Waals surface area (Å²) in [7, 11) is -8.53. The number of benzene rings is 1. The molecule has 0 saturated heterocycles. The Bertz CT molecular complexity index is 413. The van der Waals surface area contributed by atoms with E-state index in [1.165, 1.54) is 0 Å². The van der Waals surface area contributed by atoms with Gasteiger partial charge in [-0.15, -0.1) is 0 Å². The summed E-state index contributed by atoms with van der Waals surface area (Å²) in [5.41, 5.74) is -0.340. The number of hydrogen-bond acceptors (Lipinski definition) is 2. The summed E-state index contributed by atoms with van der Waals surface area (Å²) in [6, 6.07) is 1.18. The van der Waals surface area contributed by atoms with E-state index in [1.807, 2.05) is 0 Å². The minimum Gasteiger partial charge on any atom is -0.496 e. The number of halogens is 5. The fourth-order valence-corrected chi connectivity index (χ4v) is 1.81. The summed E-state index contributed by atoms with van der Waals surface area (Å²) in [6.45, 7) is -0.815. The highest BCUT2D eigenvalue weighted by Crippen LogP contribution is 3.02. The van der Waals surface area contributed by atoms with Crippen LogP contribution in [0.15, 0.2) is 23.1 Å². The average molecular weight is 264 g/mol. The zero-order valence-corrected chi connectivity index (χ0v) is 8.91. The van der Waals surface area contributed by atoms with Gasteiger partial charge in [-0.1, -0.05) is 19.4 Å². The van der Waals surface area contributed by atoms with E-state index in [0.29, 0.717) is 0 Å². The van der Waals surface area contributed by atoms with Crippen LogP contribution in [0.5, 0.6) is 5.75 Å². The molecule has 1 aromatic carbocycles. The molecule has 1 rings (SSSR count). The van der Waals surface area contributed by atoms with Gasteiger partial charge in [0.25, 0.3) is 0 Å². The standard InChI is InChI=1S/C8H9F5O2S/c1-15-8-3-2-7(4-6(8)5-14)16(9,10,11,12)13/h2-4,14H,5H2,1H3. The first-order chi connectivity index (χ1) is 6.97. The molecule has 1 N–H and O–H groups in total. The fraction of sp³-hybridized carbons (Fsp3) is 0.250. The number of aliphatic hydroxyl groups is 1. The van der Waals surface area contributed by atoms with Crippen molar-refractivity contribution in [3.63, 3.8) is 0 Å². The molecule has 1 aromatic rings.